The first-order chi connectivity index (χ1) is 12.5. The Hall–Kier alpha value is -2.44. The average molecular weight is 390 g/mol. The SMILES string of the molecule is CCOc1ccc(C=C2SC(=O)N(c3ccc(Cl)cc3)C2=O)cc1OC. The maximum atomic E-state index is 12.7. The summed E-state index contributed by atoms with van der Waals surface area (Å²) in [6.45, 7) is 2.41. The highest BCUT2D eigenvalue weighted by Crippen LogP contribution is 2.37. The number of thioether (sulfide) groups is 1. The lowest BCUT2D eigenvalue weighted by molar-refractivity contribution is -0.113. The van der Waals surface area contributed by atoms with Crippen LogP contribution < -0.4 is 14.4 Å². The van der Waals surface area contributed by atoms with Gasteiger partial charge in [-0.25, -0.2) is 4.90 Å². The lowest BCUT2D eigenvalue weighted by atomic mass is 10.2. The van der Waals surface area contributed by atoms with Gasteiger partial charge in [0, 0.05) is 5.02 Å². The highest BCUT2D eigenvalue weighted by atomic mass is 35.5. The van der Waals surface area contributed by atoms with Crippen molar-refractivity contribution in [3.8, 4) is 11.5 Å². The van der Waals surface area contributed by atoms with Crippen molar-refractivity contribution in [1.82, 2.24) is 0 Å². The minimum Gasteiger partial charge on any atom is -0.493 e. The van der Waals surface area contributed by atoms with E-state index < -0.39 is 0 Å². The number of rotatable bonds is 5. The van der Waals surface area contributed by atoms with Gasteiger partial charge in [-0.05, 0) is 66.7 Å². The van der Waals surface area contributed by atoms with Crippen molar-refractivity contribution in [3.63, 3.8) is 0 Å². The Morgan fingerprint density at radius 1 is 1.12 bits per heavy atom. The summed E-state index contributed by atoms with van der Waals surface area (Å²) in [4.78, 5) is 26.4. The third kappa shape index (κ3) is 3.71. The number of nitrogens with zero attached hydrogens (tertiary/aromatic N) is 1. The molecule has 0 aliphatic carbocycles. The number of benzene rings is 2. The number of hydrogen-bond acceptors (Lipinski definition) is 5. The van der Waals surface area contributed by atoms with Gasteiger partial charge in [-0.1, -0.05) is 17.7 Å². The van der Waals surface area contributed by atoms with Gasteiger partial charge in [0.15, 0.2) is 11.5 Å². The van der Waals surface area contributed by atoms with Crippen LogP contribution in [0.15, 0.2) is 47.4 Å². The van der Waals surface area contributed by atoms with Crippen LogP contribution in [0.2, 0.25) is 5.02 Å². The molecule has 1 fully saturated rings. The highest BCUT2D eigenvalue weighted by molar-refractivity contribution is 8.19. The van der Waals surface area contributed by atoms with E-state index in [9.17, 15) is 9.59 Å². The minimum atomic E-state index is -0.366. The van der Waals surface area contributed by atoms with Gasteiger partial charge in [0.25, 0.3) is 11.1 Å². The fourth-order valence-corrected chi connectivity index (χ4v) is 3.45. The Morgan fingerprint density at radius 2 is 1.85 bits per heavy atom. The maximum Gasteiger partial charge on any atom is 0.298 e. The Balaban J connectivity index is 1.89. The zero-order chi connectivity index (χ0) is 18.7. The van der Waals surface area contributed by atoms with Crippen LogP contribution in [0, 0.1) is 0 Å². The topological polar surface area (TPSA) is 55.8 Å². The third-order valence-corrected chi connectivity index (χ3v) is 4.79. The zero-order valence-electron chi connectivity index (χ0n) is 14.2. The minimum absolute atomic E-state index is 0.344. The van der Waals surface area contributed by atoms with Crippen LogP contribution in [0.3, 0.4) is 0 Å². The van der Waals surface area contributed by atoms with Crippen molar-refractivity contribution in [3.05, 3.63) is 58.0 Å². The first-order valence-corrected chi connectivity index (χ1v) is 9.07. The van der Waals surface area contributed by atoms with Gasteiger partial charge < -0.3 is 9.47 Å². The average Bonchev–Trinajstić information content (AvgIpc) is 2.91. The molecule has 134 valence electrons. The summed E-state index contributed by atoms with van der Waals surface area (Å²) in [5.74, 6) is 0.828. The second-order valence-electron chi connectivity index (χ2n) is 5.34. The standard InChI is InChI=1S/C19H16ClNO4S/c1-3-25-15-9-4-12(10-16(15)24-2)11-17-18(22)21(19(23)26-17)14-7-5-13(20)6-8-14/h4-11H,3H2,1-2H3. The molecule has 26 heavy (non-hydrogen) atoms. The van der Waals surface area contributed by atoms with E-state index in [0.29, 0.717) is 33.7 Å². The molecule has 1 saturated heterocycles. The maximum absolute atomic E-state index is 12.7. The molecule has 3 rings (SSSR count). The second kappa shape index (κ2) is 7.85. The normalized spacial score (nSPS) is 15.7. The molecule has 1 aliphatic heterocycles. The Kier molecular flexibility index (Phi) is 5.54. The second-order valence-corrected chi connectivity index (χ2v) is 6.77. The Morgan fingerprint density at radius 3 is 2.50 bits per heavy atom. The van der Waals surface area contributed by atoms with Crippen LogP contribution in [-0.4, -0.2) is 24.9 Å². The number of amides is 2. The number of ether oxygens (including phenoxy) is 2. The summed E-state index contributed by atoms with van der Waals surface area (Å²) >= 11 is 6.76. The molecular weight excluding hydrogens is 374 g/mol. The molecule has 2 amide bonds. The number of methoxy groups -OCH3 is 1. The molecule has 0 spiro atoms. The molecular formula is C19H16ClNO4S. The molecule has 5 nitrogen and oxygen atoms in total. The van der Waals surface area contributed by atoms with Crippen molar-refractivity contribution in [2.45, 2.75) is 6.92 Å². The van der Waals surface area contributed by atoms with E-state index in [1.165, 1.54) is 0 Å². The summed E-state index contributed by atoms with van der Waals surface area (Å²) in [5.41, 5.74) is 1.23. The summed E-state index contributed by atoms with van der Waals surface area (Å²) in [6.07, 6.45) is 1.67. The molecule has 0 atom stereocenters. The third-order valence-electron chi connectivity index (χ3n) is 3.66. The van der Waals surface area contributed by atoms with Gasteiger partial charge in [0.2, 0.25) is 0 Å². The van der Waals surface area contributed by atoms with Gasteiger partial charge in [0.1, 0.15) is 0 Å². The van der Waals surface area contributed by atoms with E-state index in [1.807, 2.05) is 13.0 Å². The molecule has 0 N–H and O–H groups in total. The number of carbonyl (C=O) groups excluding carboxylic acids is 2. The molecule has 0 aromatic heterocycles. The van der Waals surface area contributed by atoms with Crippen LogP contribution >= 0.6 is 23.4 Å². The van der Waals surface area contributed by atoms with Gasteiger partial charge in [-0.15, -0.1) is 0 Å². The van der Waals surface area contributed by atoms with E-state index in [4.69, 9.17) is 21.1 Å². The van der Waals surface area contributed by atoms with Crippen molar-refractivity contribution >= 4 is 46.3 Å². The summed E-state index contributed by atoms with van der Waals surface area (Å²) in [5, 5.41) is 0.194. The van der Waals surface area contributed by atoms with Gasteiger partial charge in [-0.2, -0.15) is 0 Å². The molecule has 1 heterocycles. The number of carbonyl (C=O) groups is 2. The highest BCUT2D eigenvalue weighted by Gasteiger charge is 2.36. The monoisotopic (exact) mass is 389 g/mol. The number of imide groups is 1. The fraction of sp³-hybridized carbons (Fsp3) is 0.158. The lowest BCUT2D eigenvalue weighted by Gasteiger charge is -2.12. The first kappa shape index (κ1) is 18.4. The van der Waals surface area contributed by atoms with Crippen molar-refractivity contribution in [2.75, 3.05) is 18.6 Å². The number of hydrogen-bond donors (Lipinski definition) is 0. The summed E-state index contributed by atoms with van der Waals surface area (Å²) in [6, 6.07) is 11.9. The van der Waals surface area contributed by atoms with Crippen molar-refractivity contribution < 1.29 is 19.1 Å². The molecule has 0 unspecified atom stereocenters. The van der Waals surface area contributed by atoms with Crippen LogP contribution in [0.4, 0.5) is 10.5 Å². The lowest BCUT2D eigenvalue weighted by Crippen LogP contribution is -2.27. The predicted octanol–water partition coefficient (Wildman–Crippen LogP) is 4.99. The zero-order valence-corrected chi connectivity index (χ0v) is 15.8. The molecule has 0 saturated carbocycles. The van der Waals surface area contributed by atoms with E-state index in [0.717, 1.165) is 22.2 Å². The molecule has 1 aliphatic rings. The van der Waals surface area contributed by atoms with Gasteiger partial charge in [-0.3, -0.25) is 9.59 Å². The van der Waals surface area contributed by atoms with Crippen molar-refractivity contribution in [1.29, 1.82) is 0 Å². The molecule has 7 heteroatoms. The van der Waals surface area contributed by atoms with E-state index in [2.05, 4.69) is 0 Å². The summed E-state index contributed by atoms with van der Waals surface area (Å²) in [7, 11) is 1.55. The largest absolute Gasteiger partial charge is 0.493 e. The van der Waals surface area contributed by atoms with Gasteiger partial charge in [0.05, 0.1) is 24.3 Å². The fourth-order valence-electron chi connectivity index (χ4n) is 2.48. The summed E-state index contributed by atoms with van der Waals surface area (Å²) < 4.78 is 10.8. The van der Waals surface area contributed by atoms with Crippen LogP contribution in [0.1, 0.15) is 12.5 Å². The van der Waals surface area contributed by atoms with Crippen molar-refractivity contribution in [2.24, 2.45) is 0 Å². The molecule has 2 aromatic carbocycles. The number of anilines is 1. The predicted molar refractivity (Wildman–Crippen MR) is 104 cm³/mol. The van der Waals surface area contributed by atoms with Crippen LogP contribution in [0.5, 0.6) is 11.5 Å². The smallest absolute Gasteiger partial charge is 0.298 e. The molecule has 0 bridgehead atoms. The Labute approximate surface area is 160 Å². The molecule has 0 radical (unpaired) electrons. The molecule has 2 aromatic rings. The van der Waals surface area contributed by atoms with E-state index >= 15 is 0 Å². The van der Waals surface area contributed by atoms with Crippen LogP contribution in [0.25, 0.3) is 6.08 Å². The Bertz CT molecular complexity index is 880. The van der Waals surface area contributed by atoms with Gasteiger partial charge >= 0.3 is 0 Å². The van der Waals surface area contributed by atoms with E-state index in [1.54, 1.807) is 49.6 Å². The van der Waals surface area contributed by atoms with Crippen LogP contribution in [-0.2, 0) is 4.79 Å². The first-order valence-electron chi connectivity index (χ1n) is 7.88. The number of halogens is 1. The van der Waals surface area contributed by atoms with E-state index in [-0.39, 0.29) is 11.1 Å². The quantitative estimate of drug-likeness (QED) is 0.674.